The Morgan fingerprint density at radius 2 is 0.768 bits per heavy atom. The molecule has 13 rings (SSSR count). The lowest BCUT2D eigenvalue weighted by atomic mass is 9.81. The largest absolute Gasteiger partial charge is 0.311 e. The zero-order valence-electron chi connectivity index (χ0n) is 38.5. The number of hydrogen-bond acceptors (Lipinski definition) is 2. The number of nitrogens with zero attached hydrogens (tertiary/aromatic N) is 1. The molecule has 2 heteroatoms. The molecular weight excluding hydrogens is 851 g/mol. The van der Waals surface area contributed by atoms with Crippen LogP contribution in [-0.4, -0.2) is 0 Å². The summed E-state index contributed by atoms with van der Waals surface area (Å²) >= 11 is 1.88. The molecule has 1 aromatic heterocycles. The first-order valence-electron chi connectivity index (χ1n) is 23.9. The highest BCUT2D eigenvalue weighted by Gasteiger charge is 2.35. The molecular formula is C67H47NS. The topological polar surface area (TPSA) is 3.24 Å². The van der Waals surface area contributed by atoms with E-state index < -0.39 is 0 Å². The Kier molecular flexibility index (Phi) is 9.78. The summed E-state index contributed by atoms with van der Waals surface area (Å²) in [7, 11) is 0. The zero-order valence-corrected chi connectivity index (χ0v) is 39.3. The van der Waals surface area contributed by atoms with Gasteiger partial charge in [-0.2, -0.15) is 0 Å². The van der Waals surface area contributed by atoms with Crippen LogP contribution in [0, 0.1) is 0 Å². The molecule has 1 heterocycles. The zero-order chi connectivity index (χ0) is 46.1. The lowest BCUT2D eigenvalue weighted by Crippen LogP contribution is -2.14. The average molecular weight is 898 g/mol. The van der Waals surface area contributed by atoms with Gasteiger partial charge in [-0.3, -0.25) is 0 Å². The van der Waals surface area contributed by atoms with Crippen molar-refractivity contribution in [3.63, 3.8) is 0 Å². The first-order valence-corrected chi connectivity index (χ1v) is 24.7. The van der Waals surface area contributed by atoms with Crippen molar-refractivity contribution in [3.8, 4) is 66.8 Å². The third kappa shape index (κ3) is 7.15. The molecule has 1 aliphatic rings. The Balaban J connectivity index is 0.824. The van der Waals surface area contributed by atoms with Gasteiger partial charge < -0.3 is 4.90 Å². The van der Waals surface area contributed by atoms with E-state index in [0.717, 1.165) is 17.1 Å². The molecule has 1 aliphatic carbocycles. The molecule has 12 aromatic rings. The van der Waals surface area contributed by atoms with E-state index in [2.05, 4.69) is 267 Å². The van der Waals surface area contributed by atoms with Gasteiger partial charge in [0.25, 0.3) is 0 Å². The average Bonchev–Trinajstić information content (AvgIpc) is 3.91. The van der Waals surface area contributed by atoms with Gasteiger partial charge in [-0.1, -0.05) is 202 Å². The molecule has 0 saturated heterocycles. The second-order valence-electron chi connectivity index (χ2n) is 18.9. The molecule has 0 fully saturated rings. The van der Waals surface area contributed by atoms with E-state index in [-0.39, 0.29) is 5.41 Å². The van der Waals surface area contributed by atoms with Gasteiger partial charge in [0.1, 0.15) is 0 Å². The Morgan fingerprint density at radius 3 is 1.48 bits per heavy atom. The highest BCUT2D eigenvalue weighted by molar-refractivity contribution is 7.26. The van der Waals surface area contributed by atoms with Crippen molar-refractivity contribution < 1.29 is 0 Å². The molecule has 69 heavy (non-hydrogen) atoms. The van der Waals surface area contributed by atoms with E-state index in [0.29, 0.717) is 0 Å². The summed E-state index contributed by atoms with van der Waals surface area (Å²) < 4.78 is 2.65. The van der Waals surface area contributed by atoms with Crippen LogP contribution in [0.5, 0.6) is 0 Å². The van der Waals surface area contributed by atoms with Crippen molar-refractivity contribution in [3.05, 3.63) is 260 Å². The van der Waals surface area contributed by atoms with E-state index >= 15 is 0 Å². The number of benzene rings is 11. The molecule has 11 aromatic carbocycles. The molecule has 0 radical (unpaired) electrons. The minimum absolute atomic E-state index is 0.0492. The Morgan fingerprint density at radius 1 is 0.304 bits per heavy atom. The summed E-state index contributed by atoms with van der Waals surface area (Å²) in [6.45, 7) is 4.70. The predicted molar refractivity (Wildman–Crippen MR) is 296 cm³/mol. The Hall–Kier alpha value is -8.30. The molecule has 1 nitrogen and oxygen atoms in total. The van der Waals surface area contributed by atoms with Crippen molar-refractivity contribution in [2.45, 2.75) is 19.3 Å². The lowest BCUT2D eigenvalue weighted by molar-refractivity contribution is 0.660. The quantitative estimate of drug-likeness (QED) is 0.147. The first-order chi connectivity index (χ1) is 33.9. The SMILES string of the molecule is CC1(C)c2ccccc2-c2ccc(-c3ccc(N(c4ccc(-c5ccc(-c6cccc(-c7ccc8ccccc8c7)c6)cc5)cc4)c4ccc(-c5cccc6c5sc5ccccc56)cc4)cc3)cc21. The standard InChI is InChI=1S/C67H47NS/c1-67(2)63-19-7-5-15-59(63)60-40-33-54(43-64(60)67)48-29-36-56(37-30-48)68(57-38-31-49(32-39-57)58-17-10-18-62-61-16-6-8-20-65(61)69-66(58)62)55-34-27-46(28-35-55)45-21-23-47(24-22-45)51-13-9-14-52(41-51)53-26-25-44-11-3-4-12-50(44)42-53/h3-43H,1-2H3. The van der Waals surface area contributed by atoms with E-state index in [1.807, 2.05) is 11.3 Å². The van der Waals surface area contributed by atoms with Crippen molar-refractivity contribution in [2.24, 2.45) is 0 Å². The van der Waals surface area contributed by atoms with Gasteiger partial charge in [0.05, 0.1) is 0 Å². The Bertz CT molecular complexity index is 3890. The van der Waals surface area contributed by atoms with Crippen LogP contribution in [0.25, 0.3) is 97.7 Å². The summed E-state index contributed by atoms with van der Waals surface area (Å²) in [5.41, 5.74) is 20.9. The molecule has 0 bridgehead atoms. The van der Waals surface area contributed by atoms with Crippen molar-refractivity contribution in [2.75, 3.05) is 4.90 Å². The third-order valence-corrected chi connectivity index (χ3v) is 15.7. The minimum atomic E-state index is -0.0492. The fraction of sp³-hybridized carbons (Fsp3) is 0.0448. The van der Waals surface area contributed by atoms with E-state index in [1.54, 1.807) is 0 Å². The summed E-state index contributed by atoms with van der Waals surface area (Å²) in [6.07, 6.45) is 0. The monoisotopic (exact) mass is 897 g/mol. The van der Waals surface area contributed by atoms with Crippen LogP contribution in [-0.2, 0) is 5.41 Å². The highest BCUT2D eigenvalue weighted by Crippen LogP contribution is 2.50. The first kappa shape index (κ1) is 40.9. The number of thiophene rings is 1. The van der Waals surface area contributed by atoms with Crippen LogP contribution in [0.3, 0.4) is 0 Å². The smallest absolute Gasteiger partial charge is 0.0462 e. The normalized spacial score (nSPS) is 12.6. The van der Waals surface area contributed by atoms with Gasteiger partial charge in [0, 0.05) is 42.6 Å². The molecule has 0 unspecified atom stereocenters. The lowest BCUT2D eigenvalue weighted by Gasteiger charge is -2.26. The predicted octanol–water partition coefficient (Wildman–Crippen LogP) is 19.3. The number of anilines is 3. The third-order valence-electron chi connectivity index (χ3n) is 14.5. The molecule has 0 atom stereocenters. The second kappa shape index (κ2) is 16.5. The van der Waals surface area contributed by atoms with Crippen LogP contribution < -0.4 is 4.90 Å². The fourth-order valence-corrected chi connectivity index (χ4v) is 12.0. The van der Waals surface area contributed by atoms with E-state index in [4.69, 9.17) is 0 Å². The van der Waals surface area contributed by atoms with Crippen molar-refractivity contribution in [1.29, 1.82) is 0 Å². The van der Waals surface area contributed by atoms with Crippen molar-refractivity contribution >= 4 is 59.3 Å². The molecule has 326 valence electrons. The molecule has 0 aliphatic heterocycles. The van der Waals surface area contributed by atoms with Gasteiger partial charge in [-0.25, -0.2) is 0 Å². The molecule has 0 spiro atoms. The number of rotatable bonds is 8. The summed E-state index contributed by atoms with van der Waals surface area (Å²) in [4.78, 5) is 2.38. The van der Waals surface area contributed by atoms with Gasteiger partial charge in [0.15, 0.2) is 0 Å². The van der Waals surface area contributed by atoms with Gasteiger partial charge in [0.2, 0.25) is 0 Å². The van der Waals surface area contributed by atoms with Gasteiger partial charge >= 0.3 is 0 Å². The minimum Gasteiger partial charge on any atom is -0.311 e. The summed E-state index contributed by atoms with van der Waals surface area (Å²) in [5.74, 6) is 0. The van der Waals surface area contributed by atoms with Crippen LogP contribution in [0.4, 0.5) is 17.1 Å². The van der Waals surface area contributed by atoms with Gasteiger partial charge in [-0.15, -0.1) is 11.3 Å². The van der Waals surface area contributed by atoms with Gasteiger partial charge in [-0.05, 0) is 149 Å². The van der Waals surface area contributed by atoms with Crippen molar-refractivity contribution in [1.82, 2.24) is 0 Å². The second-order valence-corrected chi connectivity index (χ2v) is 20.0. The van der Waals surface area contributed by atoms with Crippen LogP contribution in [0.1, 0.15) is 25.0 Å². The fourth-order valence-electron chi connectivity index (χ4n) is 10.8. The maximum atomic E-state index is 2.41. The summed E-state index contributed by atoms with van der Waals surface area (Å²) in [5, 5.41) is 5.16. The maximum Gasteiger partial charge on any atom is 0.0462 e. The molecule has 0 amide bonds. The Labute approximate surface area is 407 Å². The summed E-state index contributed by atoms with van der Waals surface area (Å²) in [6, 6.07) is 91.7. The van der Waals surface area contributed by atoms with Crippen LogP contribution in [0.2, 0.25) is 0 Å². The van der Waals surface area contributed by atoms with E-state index in [1.165, 1.54) is 109 Å². The highest BCUT2D eigenvalue weighted by atomic mass is 32.1. The molecule has 0 saturated carbocycles. The van der Waals surface area contributed by atoms with Crippen LogP contribution in [0.15, 0.2) is 249 Å². The molecule has 0 N–H and O–H groups in total. The number of hydrogen-bond donors (Lipinski definition) is 0. The number of fused-ring (bicyclic) bond motifs is 7. The van der Waals surface area contributed by atoms with Crippen LogP contribution >= 0.6 is 11.3 Å². The van der Waals surface area contributed by atoms with E-state index in [9.17, 15) is 0 Å². The maximum absolute atomic E-state index is 2.41.